The van der Waals surface area contributed by atoms with E-state index in [-0.39, 0.29) is 23.3 Å². The lowest BCUT2D eigenvalue weighted by Crippen LogP contribution is -2.30. The van der Waals surface area contributed by atoms with E-state index in [4.69, 9.17) is 4.74 Å². The van der Waals surface area contributed by atoms with Gasteiger partial charge in [-0.2, -0.15) is 18.4 Å². The normalized spacial score (nSPS) is 15.6. The SMILES string of the molecule is Cc1c(-c2cc(OC(CO)c3cncc(C(F)(F)F)n3)n3c(C#N)cnc3c2)nnn1C1CCNCC1. The van der Waals surface area contributed by atoms with E-state index >= 15 is 0 Å². The Morgan fingerprint density at radius 1 is 1.24 bits per heavy atom. The van der Waals surface area contributed by atoms with Gasteiger partial charge in [-0.1, -0.05) is 5.21 Å². The van der Waals surface area contributed by atoms with Crippen molar-refractivity contribution in [2.45, 2.75) is 38.1 Å². The largest absolute Gasteiger partial charge is 0.466 e. The summed E-state index contributed by atoms with van der Waals surface area (Å²) in [4.78, 5) is 11.5. The van der Waals surface area contributed by atoms with Crippen LogP contribution in [0.5, 0.6) is 5.88 Å². The van der Waals surface area contributed by atoms with Gasteiger partial charge in [0.2, 0.25) is 5.88 Å². The quantitative estimate of drug-likeness (QED) is 0.398. The van der Waals surface area contributed by atoms with Crippen LogP contribution in [0.25, 0.3) is 16.9 Å². The summed E-state index contributed by atoms with van der Waals surface area (Å²) in [6.45, 7) is 2.98. The second-order valence-electron chi connectivity index (χ2n) is 8.60. The molecule has 5 rings (SSSR count). The molecule has 1 unspecified atom stereocenters. The van der Waals surface area contributed by atoms with E-state index < -0.39 is 24.6 Å². The molecule has 0 spiro atoms. The Kier molecular flexibility index (Phi) is 6.48. The molecule has 0 bridgehead atoms. The number of aromatic nitrogens is 7. The van der Waals surface area contributed by atoms with E-state index in [2.05, 4.69) is 30.6 Å². The van der Waals surface area contributed by atoms with Crippen LogP contribution in [-0.2, 0) is 6.18 Å². The highest BCUT2D eigenvalue weighted by atomic mass is 19.4. The molecular formula is C23H22F3N9O2. The van der Waals surface area contributed by atoms with Crippen molar-refractivity contribution in [3.8, 4) is 23.2 Å². The Hall–Kier alpha value is -4.09. The molecule has 5 heterocycles. The maximum absolute atomic E-state index is 13.2. The number of aliphatic hydroxyl groups is 1. The zero-order valence-corrected chi connectivity index (χ0v) is 19.6. The number of alkyl halides is 3. The number of nitrogens with one attached hydrogen (secondary N) is 1. The highest BCUT2D eigenvalue weighted by Crippen LogP contribution is 2.33. The minimum atomic E-state index is -4.72. The maximum Gasteiger partial charge on any atom is 0.434 e. The minimum Gasteiger partial charge on any atom is -0.466 e. The molecule has 4 aromatic rings. The number of nitriles is 1. The summed E-state index contributed by atoms with van der Waals surface area (Å²) in [6, 6.07) is 5.52. The van der Waals surface area contributed by atoms with Gasteiger partial charge in [0.15, 0.2) is 11.8 Å². The van der Waals surface area contributed by atoms with Crippen molar-refractivity contribution in [2.75, 3.05) is 19.7 Å². The van der Waals surface area contributed by atoms with E-state index in [1.165, 1.54) is 10.6 Å². The molecule has 1 aliphatic heterocycles. The molecule has 1 saturated heterocycles. The molecule has 192 valence electrons. The second-order valence-corrected chi connectivity index (χ2v) is 8.60. The summed E-state index contributed by atoms with van der Waals surface area (Å²) in [5.74, 6) is 0.0654. The van der Waals surface area contributed by atoms with Crippen LogP contribution >= 0.6 is 0 Å². The van der Waals surface area contributed by atoms with Crippen LogP contribution in [-0.4, -0.2) is 59.1 Å². The average Bonchev–Trinajstić information content (AvgIpc) is 3.50. The molecule has 1 aliphatic rings. The molecule has 37 heavy (non-hydrogen) atoms. The van der Waals surface area contributed by atoms with Crippen LogP contribution in [0.4, 0.5) is 13.2 Å². The fraction of sp³-hybridized carbons (Fsp3) is 0.391. The van der Waals surface area contributed by atoms with E-state index in [9.17, 15) is 23.5 Å². The van der Waals surface area contributed by atoms with Gasteiger partial charge in [0.05, 0.1) is 36.9 Å². The first-order valence-electron chi connectivity index (χ1n) is 11.5. The van der Waals surface area contributed by atoms with Crippen LogP contribution in [0, 0.1) is 18.3 Å². The molecule has 0 radical (unpaired) electrons. The summed E-state index contributed by atoms with van der Waals surface area (Å²) >= 11 is 0. The molecule has 0 saturated carbocycles. The zero-order valence-electron chi connectivity index (χ0n) is 19.6. The number of piperidine rings is 1. The smallest absolute Gasteiger partial charge is 0.434 e. The Labute approximate surface area is 208 Å². The lowest BCUT2D eigenvalue weighted by molar-refractivity contribution is -0.141. The number of halogens is 3. The Bertz CT molecular complexity index is 1470. The van der Waals surface area contributed by atoms with E-state index in [1.54, 1.807) is 12.1 Å². The van der Waals surface area contributed by atoms with Crippen molar-refractivity contribution < 1.29 is 23.0 Å². The van der Waals surface area contributed by atoms with Crippen molar-refractivity contribution in [2.24, 2.45) is 0 Å². The molecule has 4 aromatic heterocycles. The summed E-state index contributed by atoms with van der Waals surface area (Å²) < 4.78 is 48.7. The van der Waals surface area contributed by atoms with Crippen LogP contribution in [0.15, 0.2) is 30.7 Å². The predicted octanol–water partition coefficient (Wildman–Crippen LogP) is 2.62. The Balaban J connectivity index is 1.56. The van der Waals surface area contributed by atoms with Crippen LogP contribution in [0.3, 0.4) is 0 Å². The number of hydrogen-bond acceptors (Lipinski definition) is 9. The van der Waals surface area contributed by atoms with Gasteiger partial charge in [0.25, 0.3) is 0 Å². The van der Waals surface area contributed by atoms with Gasteiger partial charge in [0.1, 0.15) is 28.8 Å². The molecule has 11 nitrogen and oxygen atoms in total. The molecule has 14 heteroatoms. The zero-order chi connectivity index (χ0) is 26.2. The molecule has 2 N–H and O–H groups in total. The van der Waals surface area contributed by atoms with Crippen molar-refractivity contribution >= 4 is 5.65 Å². The fourth-order valence-corrected chi connectivity index (χ4v) is 4.40. The fourth-order valence-electron chi connectivity index (χ4n) is 4.40. The van der Waals surface area contributed by atoms with Crippen molar-refractivity contribution in [1.82, 2.24) is 39.7 Å². The number of pyridine rings is 1. The number of rotatable bonds is 6. The van der Waals surface area contributed by atoms with Crippen LogP contribution in [0.2, 0.25) is 0 Å². The van der Waals surface area contributed by atoms with Gasteiger partial charge >= 0.3 is 6.18 Å². The number of aliphatic hydroxyl groups excluding tert-OH is 1. The topological polar surface area (TPSA) is 139 Å². The van der Waals surface area contributed by atoms with E-state index in [0.29, 0.717) is 23.1 Å². The first-order valence-corrected chi connectivity index (χ1v) is 11.5. The van der Waals surface area contributed by atoms with Crippen LogP contribution < -0.4 is 10.1 Å². The van der Waals surface area contributed by atoms with E-state index in [1.807, 2.05) is 17.7 Å². The lowest BCUT2D eigenvalue weighted by atomic mass is 10.1. The molecular weight excluding hydrogens is 491 g/mol. The van der Waals surface area contributed by atoms with Gasteiger partial charge in [-0.15, -0.1) is 5.10 Å². The van der Waals surface area contributed by atoms with Crippen molar-refractivity contribution in [3.63, 3.8) is 0 Å². The summed E-state index contributed by atoms with van der Waals surface area (Å²) in [7, 11) is 0. The first kappa shape index (κ1) is 24.6. The second kappa shape index (κ2) is 9.75. The number of ether oxygens (including phenoxy) is 1. The Morgan fingerprint density at radius 2 is 2.03 bits per heavy atom. The number of imidazole rings is 1. The summed E-state index contributed by atoms with van der Waals surface area (Å²) in [5, 5.41) is 31.6. The molecule has 1 fully saturated rings. The molecule has 0 amide bonds. The monoisotopic (exact) mass is 513 g/mol. The predicted molar refractivity (Wildman–Crippen MR) is 122 cm³/mol. The summed E-state index contributed by atoms with van der Waals surface area (Å²) in [6.07, 6.45) is -1.15. The third-order valence-electron chi connectivity index (χ3n) is 6.25. The third kappa shape index (κ3) is 4.70. The molecule has 1 atom stereocenters. The highest BCUT2D eigenvalue weighted by Gasteiger charge is 2.34. The average molecular weight is 513 g/mol. The van der Waals surface area contributed by atoms with Gasteiger partial charge in [-0.05, 0) is 38.9 Å². The number of hydrogen-bond donors (Lipinski definition) is 2. The highest BCUT2D eigenvalue weighted by molar-refractivity contribution is 5.68. The minimum absolute atomic E-state index is 0.0654. The van der Waals surface area contributed by atoms with Gasteiger partial charge in [-0.25, -0.2) is 14.6 Å². The van der Waals surface area contributed by atoms with Gasteiger partial charge in [-0.3, -0.25) is 9.38 Å². The number of nitrogens with zero attached hydrogens (tertiary/aromatic N) is 8. The Morgan fingerprint density at radius 3 is 2.73 bits per heavy atom. The summed E-state index contributed by atoms with van der Waals surface area (Å²) in [5.41, 5.74) is 1.05. The van der Waals surface area contributed by atoms with Crippen LogP contribution in [0.1, 0.15) is 47.8 Å². The standard InChI is InChI=1S/C23H22F3N9O2/c1-13-22(32-33-35(13)15-2-4-28-5-3-15)14-6-20-30-9-16(8-27)34(20)21(7-14)37-18(12-36)17-10-29-11-19(31-17)23(24,25)26/h6-7,9-11,15,18,28,36H,2-5,12H2,1H3. The number of fused-ring (bicyclic) bond motifs is 1. The molecule has 0 aliphatic carbocycles. The van der Waals surface area contributed by atoms with Gasteiger partial charge in [0, 0.05) is 11.6 Å². The van der Waals surface area contributed by atoms with Crippen molar-refractivity contribution in [1.29, 1.82) is 5.26 Å². The first-order chi connectivity index (χ1) is 17.8. The maximum atomic E-state index is 13.2. The van der Waals surface area contributed by atoms with Crippen molar-refractivity contribution in [3.05, 3.63) is 53.5 Å². The third-order valence-corrected chi connectivity index (χ3v) is 6.25. The van der Waals surface area contributed by atoms with Gasteiger partial charge < -0.3 is 15.2 Å². The lowest BCUT2D eigenvalue weighted by Gasteiger charge is -2.23. The molecule has 0 aromatic carbocycles. The van der Waals surface area contributed by atoms with E-state index in [0.717, 1.165) is 37.8 Å².